The van der Waals surface area contributed by atoms with Gasteiger partial charge in [-0.25, -0.2) is 0 Å². The van der Waals surface area contributed by atoms with Crippen molar-refractivity contribution in [3.8, 4) is 0 Å². The van der Waals surface area contributed by atoms with Crippen LogP contribution in [0.3, 0.4) is 0 Å². The first kappa shape index (κ1) is 30.9. The number of β-amino-alcohol motifs (C(OH)–C–C–N with tert-alkyl or cyclic N) is 1. The lowest BCUT2D eigenvalue weighted by Crippen LogP contribution is -2.47. The molecule has 2 aromatic carbocycles. The maximum atomic E-state index is 9.08. The number of piperazine rings is 1. The Kier molecular flexibility index (Phi) is 14.8. The van der Waals surface area contributed by atoms with Crippen molar-refractivity contribution in [1.29, 1.82) is 0 Å². The number of aliphatic hydroxyl groups excluding tert-OH is 1. The van der Waals surface area contributed by atoms with Crippen LogP contribution in [-0.4, -0.2) is 60.8 Å². The predicted molar refractivity (Wildman–Crippen MR) is 143 cm³/mol. The summed E-state index contributed by atoms with van der Waals surface area (Å²) in [5, 5.41) is 9.87. The fraction of sp³-hybridized carbons (Fsp3) is 0.364. The van der Waals surface area contributed by atoms with Crippen LogP contribution in [0.25, 0.3) is 5.57 Å². The second kappa shape index (κ2) is 14.9. The lowest BCUT2D eigenvalue weighted by Gasteiger charge is -2.34. The molecule has 31 heavy (non-hydrogen) atoms. The molecule has 0 saturated carbocycles. The average Bonchev–Trinajstić information content (AvgIpc) is 2.69. The molecule has 2 aromatic rings. The van der Waals surface area contributed by atoms with E-state index in [2.05, 4.69) is 52.3 Å². The molecule has 0 aliphatic carbocycles. The van der Waals surface area contributed by atoms with Gasteiger partial charge >= 0.3 is 0 Å². The number of benzene rings is 2. The molecule has 3 nitrogen and oxygen atoms in total. The van der Waals surface area contributed by atoms with Gasteiger partial charge in [0.1, 0.15) is 0 Å². The molecule has 0 aromatic heterocycles. The van der Waals surface area contributed by atoms with Crippen LogP contribution in [0.1, 0.15) is 17.5 Å². The molecule has 0 radical (unpaired) electrons. The van der Waals surface area contributed by atoms with Gasteiger partial charge in [0, 0.05) is 54.1 Å². The summed E-state index contributed by atoms with van der Waals surface area (Å²) in [5.74, 6) is 0. The molecular weight excluding hydrogens is 518 g/mol. The van der Waals surface area contributed by atoms with Crippen LogP contribution in [0.15, 0.2) is 58.3 Å². The monoisotopic (exact) mass is 544 g/mol. The van der Waals surface area contributed by atoms with E-state index < -0.39 is 0 Å². The Balaban J connectivity index is 0.00000225. The number of fused-ring (bicyclic) bond motifs is 2. The third kappa shape index (κ3) is 7.70. The minimum Gasteiger partial charge on any atom is -0.395 e. The minimum atomic E-state index is 0. The van der Waals surface area contributed by atoms with E-state index in [0.29, 0.717) is 0 Å². The molecule has 2 heterocycles. The van der Waals surface area contributed by atoms with E-state index >= 15 is 0 Å². The Morgan fingerprint density at radius 2 is 1.45 bits per heavy atom. The smallest absolute Gasteiger partial charge is 0.0558 e. The van der Waals surface area contributed by atoms with Crippen molar-refractivity contribution in [3.63, 3.8) is 0 Å². The molecule has 0 bridgehead atoms. The van der Waals surface area contributed by atoms with Gasteiger partial charge < -0.3 is 10.0 Å². The largest absolute Gasteiger partial charge is 0.395 e. The van der Waals surface area contributed by atoms with E-state index in [4.69, 9.17) is 16.7 Å². The Bertz CT molecular complexity index is 844. The molecule has 0 spiro atoms. The normalized spacial score (nSPS) is 16.6. The molecule has 174 valence electrons. The van der Waals surface area contributed by atoms with Crippen LogP contribution >= 0.6 is 73.0 Å². The van der Waals surface area contributed by atoms with Gasteiger partial charge in [-0.3, -0.25) is 4.90 Å². The number of hydrogen-bond acceptors (Lipinski definition) is 4. The molecule has 4 rings (SSSR count). The highest BCUT2D eigenvalue weighted by atomic mass is 35.5. The van der Waals surface area contributed by atoms with Crippen molar-refractivity contribution in [2.75, 3.05) is 45.9 Å². The van der Waals surface area contributed by atoms with Crippen LogP contribution in [0.2, 0.25) is 5.02 Å². The Morgan fingerprint density at radius 1 is 0.839 bits per heavy atom. The van der Waals surface area contributed by atoms with Gasteiger partial charge in [0.25, 0.3) is 0 Å². The fourth-order valence-corrected chi connectivity index (χ4v) is 5.09. The highest BCUT2D eigenvalue weighted by molar-refractivity contribution is 7.99. The topological polar surface area (TPSA) is 26.7 Å². The summed E-state index contributed by atoms with van der Waals surface area (Å²) in [7, 11) is 0. The van der Waals surface area contributed by atoms with Gasteiger partial charge in [-0.2, -0.15) is 0 Å². The maximum absolute atomic E-state index is 9.08. The van der Waals surface area contributed by atoms with E-state index in [0.717, 1.165) is 50.7 Å². The van der Waals surface area contributed by atoms with Gasteiger partial charge in [0.2, 0.25) is 0 Å². The van der Waals surface area contributed by atoms with E-state index in [1.807, 2.05) is 17.8 Å². The summed E-state index contributed by atoms with van der Waals surface area (Å²) in [6.45, 7) is 6.39. The molecule has 1 fully saturated rings. The molecule has 0 atom stereocenters. The first-order chi connectivity index (χ1) is 13.2. The van der Waals surface area contributed by atoms with Crippen molar-refractivity contribution >= 4 is 78.6 Å². The van der Waals surface area contributed by atoms with Gasteiger partial charge in [0.05, 0.1) is 6.61 Å². The van der Waals surface area contributed by atoms with Crippen LogP contribution in [-0.2, 0) is 0 Å². The molecule has 0 unspecified atom stereocenters. The molecule has 1 saturated heterocycles. The van der Waals surface area contributed by atoms with E-state index in [1.54, 1.807) is 0 Å². The average molecular weight is 547 g/mol. The highest BCUT2D eigenvalue weighted by Gasteiger charge is 2.21. The summed E-state index contributed by atoms with van der Waals surface area (Å²) >= 11 is 8.12. The highest BCUT2D eigenvalue weighted by Crippen LogP contribution is 2.46. The lowest BCUT2D eigenvalue weighted by molar-refractivity contribution is 0.114. The minimum absolute atomic E-state index is 0. The number of aliphatic hydroxyl groups is 1. The van der Waals surface area contributed by atoms with E-state index in [9.17, 15) is 0 Å². The summed E-state index contributed by atoms with van der Waals surface area (Å²) in [4.78, 5) is 7.45. The van der Waals surface area contributed by atoms with Gasteiger partial charge in [-0.15, -0.1) is 49.6 Å². The Hall–Kier alpha value is -0.140. The molecule has 0 amide bonds. The Labute approximate surface area is 219 Å². The van der Waals surface area contributed by atoms with Crippen molar-refractivity contribution in [2.45, 2.75) is 16.2 Å². The third-order valence-electron chi connectivity index (χ3n) is 5.30. The zero-order valence-corrected chi connectivity index (χ0v) is 21.9. The first-order valence-electron chi connectivity index (χ1n) is 9.57. The fourth-order valence-electron chi connectivity index (χ4n) is 3.83. The van der Waals surface area contributed by atoms with Gasteiger partial charge in [0.15, 0.2) is 0 Å². The van der Waals surface area contributed by atoms with Crippen LogP contribution in [0, 0.1) is 0 Å². The number of rotatable bonds is 5. The number of nitrogens with zero attached hydrogens (tertiary/aromatic N) is 2. The second-order valence-electron chi connectivity index (χ2n) is 7.05. The summed E-state index contributed by atoms with van der Waals surface area (Å²) < 4.78 is 0. The van der Waals surface area contributed by atoms with Gasteiger partial charge in [-0.1, -0.05) is 47.6 Å². The molecule has 1 N–H and O–H groups in total. The van der Waals surface area contributed by atoms with E-state index in [1.165, 1.54) is 26.5 Å². The van der Waals surface area contributed by atoms with Crippen LogP contribution in [0.4, 0.5) is 0 Å². The standard InChI is InChI=1S/C22H25ClN2OS.4ClH/c23-17-7-8-22-20(16-17)18(19-4-1-2-6-21(19)27-22)5-3-9-24-10-12-25(13-11-24)14-15-26;;;;/h1-2,4-8,16,26H,3,9-15H2;4*1H. The molecule has 2 aliphatic rings. The Morgan fingerprint density at radius 3 is 2.13 bits per heavy atom. The maximum Gasteiger partial charge on any atom is 0.0558 e. The van der Waals surface area contributed by atoms with Gasteiger partial charge in [-0.05, 0) is 47.4 Å². The first-order valence-corrected chi connectivity index (χ1v) is 10.8. The second-order valence-corrected chi connectivity index (χ2v) is 8.57. The number of halogens is 5. The summed E-state index contributed by atoms with van der Waals surface area (Å²) in [5.41, 5.74) is 3.87. The predicted octanol–water partition coefficient (Wildman–Crippen LogP) is 5.92. The molecular formula is C22H29Cl5N2OS. The SMILES string of the molecule is Cl.Cl.Cl.Cl.OCCN1CCN(CCC=C2c3ccccc3Sc3ccc(Cl)cc32)CC1. The molecule has 9 heteroatoms. The third-order valence-corrected chi connectivity index (χ3v) is 6.69. The zero-order valence-electron chi connectivity index (χ0n) is 17.0. The van der Waals surface area contributed by atoms with Crippen molar-refractivity contribution in [2.24, 2.45) is 0 Å². The van der Waals surface area contributed by atoms with Crippen molar-refractivity contribution in [3.05, 3.63) is 64.7 Å². The van der Waals surface area contributed by atoms with Crippen LogP contribution < -0.4 is 0 Å². The summed E-state index contributed by atoms with van der Waals surface area (Å²) in [6, 6.07) is 14.8. The number of hydrogen-bond donors (Lipinski definition) is 1. The van der Waals surface area contributed by atoms with Crippen molar-refractivity contribution < 1.29 is 5.11 Å². The van der Waals surface area contributed by atoms with Crippen molar-refractivity contribution in [1.82, 2.24) is 9.80 Å². The van der Waals surface area contributed by atoms with E-state index in [-0.39, 0.29) is 56.2 Å². The molecule has 2 aliphatic heterocycles. The quantitative estimate of drug-likeness (QED) is 0.430. The zero-order chi connectivity index (χ0) is 18.6. The van der Waals surface area contributed by atoms with Crippen LogP contribution in [0.5, 0.6) is 0 Å². The summed E-state index contributed by atoms with van der Waals surface area (Å²) in [6.07, 6.45) is 3.41. The lowest BCUT2D eigenvalue weighted by atomic mass is 9.96.